The third-order valence-corrected chi connectivity index (χ3v) is 4.29. The second-order valence-electron chi connectivity index (χ2n) is 5.96. The number of nitrogens with zero attached hydrogens (tertiary/aromatic N) is 1. The van der Waals surface area contributed by atoms with E-state index < -0.39 is 0 Å². The number of ether oxygens (including phenoxy) is 2. The second-order valence-corrected chi connectivity index (χ2v) is 5.96. The molecule has 0 N–H and O–H groups in total. The fourth-order valence-electron chi connectivity index (χ4n) is 2.77. The van der Waals surface area contributed by atoms with Gasteiger partial charge in [-0.1, -0.05) is 18.2 Å². The average molecular weight is 351 g/mol. The first kappa shape index (κ1) is 17.9. The molecule has 0 atom stereocenters. The molecule has 1 fully saturated rings. The molecule has 5 nitrogen and oxygen atoms in total. The number of ketones is 1. The monoisotopic (exact) mass is 351 g/mol. The molecule has 0 unspecified atom stereocenters. The molecule has 0 radical (unpaired) electrons. The van der Waals surface area contributed by atoms with E-state index >= 15 is 0 Å². The Morgan fingerprint density at radius 2 is 1.58 bits per heavy atom. The molecule has 0 spiro atoms. The van der Waals surface area contributed by atoms with E-state index in [1.165, 1.54) is 13.2 Å². The maximum Gasteiger partial charge on any atom is 0.337 e. The molecule has 134 valence electrons. The lowest BCUT2D eigenvalue weighted by Gasteiger charge is -2.28. The Morgan fingerprint density at radius 3 is 2.19 bits per heavy atom. The van der Waals surface area contributed by atoms with E-state index in [0.717, 1.165) is 37.6 Å². The van der Waals surface area contributed by atoms with Gasteiger partial charge < -0.3 is 14.4 Å². The van der Waals surface area contributed by atoms with Crippen LogP contribution < -0.4 is 4.90 Å². The molecule has 1 saturated heterocycles. The fourth-order valence-corrected chi connectivity index (χ4v) is 2.77. The molecule has 1 heterocycles. The minimum absolute atomic E-state index is 0.0597. The third-order valence-electron chi connectivity index (χ3n) is 4.29. The zero-order chi connectivity index (χ0) is 18.4. The van der Waals surface area contributed by atoms with Crippen LogP contribution >= 0.6 is 0 Å². The zero-order valence-electron chi connectivity index (χ0n) is 14.7. The molecule has 1 aliphatic heterocycles. The summed E-state index contributed by atoms with van der Waals surface area (Å²) < 4.78 is 10.0. The van der Waals surface area contributed by atoms with Gasteiger partial charge in [0, 0.05) is 24.3 Å². The van der Waals surface area contributed by atoms with Crippen molar-refractivity contribution < 1.29 is 19.1 Å². The molecule has 5 heteroatoms. The number of methoxy groups -OCH3 is 1. The highest BCUT2D eigenvalue weighted by molar-refractivity contribution is 6.07. The van der Waals surface area contributed by atoms with Crippen molar-refractivity contribution in [3.8, 4) is 0 Å². The Kier molecular flexibility index (Phi) is 5.81. The molecule has 0 amide bonds. The Balaban J connectivity index is 1.63. The molecule has 0 aromatic heterocycles. The minimum atomic E-state index is -0.378. The number of carbonyl (C=O) groups is 2. The Hall–Kier alpha value is -2.92. The van der Waals surface area contributed by atoms with Crippen molar-refractivity contribution in [1.82, 2.24) is 0 Å². The zero-order valence-corrected chi connectivity index (χ0v) is 14.7. The predicted octanol–water partition coefficient (Wildman–Crippen LogP) is 3.21. The van der Waals surface area contributed by atoms with Crippen molar-refractivity contribution in [1.29, 1.82) is 0 Å². The lowest BCUT2D eigenvalue weighted by molar-refractivity contribution is 0.0600. The van der Waals surface area contributed by atoms with Crippen LogP contribution in [-0.2, 0) is 9.47 Å². The fraction of sp³-hybridized carbons (Fsp3) is 0.238. The molecule has 0 aliphatic carbocycles. The number of carbonyl (C=O) groups excluding carboxylic acids is 2. The number of anilines is 1. The highest BCUT2D eigenvalue weighted by Crippen LogP contribution is 2.17. The lowest BCUT2D eigenvalue weighted by atomic mass is 10.1. The van der Waals surface area contributed by atoms with Crippen LogP contribution in [0.2, 0.25) is 0 Å². The maximum absolute atomic E-state index is 12.3. The summed E-state index contributed by atoms with van der Waals surface area (Å²) in [5.74, 6) is -0.437. The van der Waals surface area contributed by atoms with Crippen LogP contribution in [0.1, 0.15) is 26.3 Å². The topological polar surface area (TPSA) is 55.8 Å². The summed E-state index contributed by atoms with van der Waals surface area (Å²) in [6.45, 7) is 3.21. The van der Waals surface area contributed by atoms with Gasteiger partial charge in [0.25, 0.3) is 0 Å². The van der Waals surface area contributed by atoms with Gasteiger partial charge in [-0.05, 0) is 48.0 Å². The molecule has 26 heavy (non-hydrogen) atoms. The first-order valence-electron chi connectivity index (χ1n) is 8.51. The molecule has 2 aromatic carbocycles. The smallest absolute Gasteiger partial charge is 0.337 e. The third kappa shape index (κ3) is 4.37. The van der Waals surface area contributed by atoms with E-state index in [2.05, 4.69) is 9.64 Å². The van der Waals surface area contributed by atoms with Gasteiger partial charge >= 0.3 is 5.97 Å². The standard InChI is InChI=1S/C21H21NO4/c1-25-21(24)18-5-2-16(3-6-18)4-11-20(23)17-7-9-19(10-8-17)22-12-14-26-15-13-22/h2-11H,12-15H2,1H3. The van der Waals surface area contributed by atoms with Crippen LogP contribution in [-0.4, -0.2) is 45.2 Å². The van der Waals surface area contributed by atoms with Crippen molar-refractivity contribution >= 4 is 23.5 Å². The number of morpholine rings is 1. The van der Waals surface area contributed by atoms with Gasteiger partial charge in [-0.3, -0.25) is 4.79 Å². The second kappa shape index (κ2) is 8.45. The van der Waals surface area contributed by atoms with Crippen LogP contribution in [0.4, 0.5) is 5.69 Å². The summed E-state index contributed by atoms with van der Waals surface area (Å²) in [6, 6.07) is 14.5. The quantitative estimate of drug-likeness (QED) is 0.470. The first-order valence-corrected chi connectivity index (χ1v) is 8.51. The van der Waals surface area contributed by atoms with Crippen molar-refractivity contribution in [2.24, 2.45) is 0 Å². The summed E-state index contributed by atoms with van der Waals surface area (Å²) >= 11 is 0. The molecular weight excluding hydrogens is 330 g/mol. The first-order chi connectivity index (χ1) is 12.7. The van der Waals surface area contributed by atoms with Gasteiger partial charge in [-0.15, -0.1) is 0 Å². The summed E-state index contributed by atoms with van der Waals surface area (Å²) in [7, 11) is 1.35. The minimum Gasteiger partial charge on any atom is -0.465 e. The van der Waals surface area contributed by atoms with Crippen molar-refractivity contribution in [2.45, 2.75) is 0 Å². The van der Waals surface area contributed by atoms with Crippen LogP contribution in [0, 0.1) is 0 Å². The van der Waals surface area contributed by atoms with Gasteiger partial charge in [0.1, 0.15) is 0 Å². The number of rotatable bonds is 5. The van der Waals surface area contributed by atoms with E-state index in [4.69, 9.17) is 4.74 Å². The number of hydrogen-bond acceptors (Lipinski definition) is 5. The van der Waals surface area contributed by atoms with Crippen molar-refractivity contribution in [2.75, 3.05) is 38.3 Å². The Bertz CT molecular complexity index is 788. The number of hydrogen-bond donors (Lipinski definition) is 0. The SMILES string of the molecule is COC(=O)c1ccc(C=CC(=O)c2ccc(N3CCOCC3)cc2)cc1. The summed E-state index contributed by atoms with van der Waals surface area (Å²) in [5, 5.41) is 0. The van der Waals surface area contributed by atoms with Crippen LogP contribution in [0.5, 0.6) is 0 Å². The largest absolute Gasteiger partial charge is 0.465 e. The van der Waals surface area contributed by atoms with Crippen molar-refractivity contribution in [3.63, 3.8) is 0 Å². The lowest BCUT2D eigenvalue weighted by Crippen LogP contribution is -2.36. The normalized spacial score (nSPS) is 14.4. The van der Waals surface area contributed by atoms with Crippen LogP contribution in [0.3, 0.4) is 0 Å². The average Bonchev–Trinajstić information content (AvgIpc) is 2.72. The Morgan fingerprint density at radius 1 is 0.962 bits per heavy atom. The number of allylic oxidation sites excluding steroid dienone is 1. The molecule has 1 aliphatic rings. The Labute approximate surface area is 152 Å². The van der Waals surface area contributed by atoms with Crippen LogP contribution in [0.25, 0.3) is 6.08 Å². The van der Waals surface area contributed by atoms with E-state index in [1.807, 2.05) is 24.3 Å². The molecule has 0 saturated carbocycles. The van der Waals surface area contributed by atoms with Crippen LogP contribution in [0.15, 0.2) is 54.6 Å². The highest BCUT2D eigenvalue weighted by Gasteiger charge is 2.11. The molecule has 2 aromatic rings. The van der Waals surface area contributed by atoms with E-state index in [9.17, 15) is 9.59 Å². The summed E-state index contributed by atoms with van der Waals surface area (Å²) in [5.41, 5.74) is 3.07. The predicted molar refractivity (Wildman–Crippen MR) is 101 cm³/mol. The summed E-state index contributed by atoms with van der Waals surface area (Å²) in [6.07, 6.45) is 3.27. The van der Waals surface area contributed by atoms with Gasteiger partial charge in [0.2, 0.25) is 0 Å². The van der Waals surface area contributed by atoms with Gasteiger partial charge in [0.15, 0.2) is 5.78 Å². The highest BCUT2D eigenvalue weighted by atomic mass is 16.5. The molecular formula is C21H21NO4. The van der Waals surface area contributed by atoms with Gasteiger partial charge in [0.05, 0.1) is 25.9 Å². The van der Waals surface area contributed by atoms with Gasteiger partial charge in [-0.2, -0.15) is 0 Å². The molecule has 0 bridgehead atoms. The number of benzene rings is 2. The van der Waals surface area contributed by atoms with Crippen molar-refractivity contribution in [3.05, 3.63) is 71.3 Å². The van der Waals surface area contributed by atoms with E-state index in [1.54, 1.807) is 30.3 Å². The van der Waals surface area contributed by atoms with E-state index in [0.29, 0.717) is 11.1 Å². The maximum atomic E-state index is 12.3. The van der Waals surface area contributed by atoms with E-state index in [-0.39, 0.29) is 11.8 Å². The number of esters is 1. The van der Waals surface area contributed by atoms with Gasteiger partial charge in [-0.25, -0.2) is 4.79 Å². The summed E-state index contributed by atoms with van der Waals surface area (Å²) in [4.78, 5) is 26.0. The molecule has 3 rings (SSSR count).